The molecule has 1 amide bonds. The lowest BCUT2D eigenvalue weighted by Crippen LogP contribution is -2.35. The van der Waals surface area contributed by atoms with Gasteiger partial charge < -0.3 is 5.32 Å². The minimum absolute atomic E-state index is 0.0231. The first kappa shape index (κ1) is 16.4. The number of nitrogens with one attached hydrogen (secondary N) is 1. The van der Waals surface area contributed by atoms with Crippen molar-refractivity contribution < 1.29 is 4.79 Å². The Morgan fingerprint density at radius 1 is 1.24 bits per heavy atom. The largest absolute Gasteiger partial charge is 0.352 e. The summed E-state index contributed by atoms with van der Waals surface area (Å²) in [6, 6.07) is 7.87. The molecule has 1 fully saturated rings. The second-order valence-electron chi connectivity index (χ2n) is 7.07. The van der Waals surface area contributed by atoms with E-state index in [1.807, 2.05) is 24.3 Å². The summed E-state index contributed by atoms with van der Waals surface area (Å²) in [4.78, 5) is 12.5. The molecule has 1 aliphatic carbocycles. The van der Waals surface area contributed by atoms with Crippen molar-refractivity contribution in [3.8, 4) is 0 Å². The smallest absolute Gasteiger partial charge is 0.251 e. The van der Waals surface area contributed by atoms with Crippen LogP contribution < -0.4 is 5.32 Å². The third-order valence-electron chi connectivity index (χ3n) is 4.32. The van der Waals surface area contributed by atoms with Crippen LogP contribution in [0.4, 0.5) is 0 Å². The van der Waals surface area contributed by atoms with E-state index in [1.54, 1.807) is 0 Å². The SMILES string of the molecule is CC(C)(C)c1ccccc1C(=O)NCC1CCCCC1Cl. The molecule has 0 bridgehead atoms. The number of rotatable bonds is 3. The average Bonchev–Trinajstić information content (AvgIpc) is 2.45. The van der Waals surface area contributed by atoms with Crippen molar-refractivity contribution in [3.63, 3.8) is 0 Å². The van der Waals surface area contributed by atoms with Gasteiger partial charge >= 0.3 is 0 Å². The molecule has 1 aromatic carbocycles. The summed E-state index contributed by atoms with van der Waals surface area (Å²) in [6.45, 7) is 7.09. The molecular formula is C18H26ClNO. The van der Waals surface area contributed by atoms with Gasteiger partial charge in [-0.25, -0.2) is 0 Å². The van der Waals surface area contributed by atoms with Gasteiger partial charge in [0, 0.05) is 17.5 Å². The molecule has 2 unspecified atom stereocenters. The van der Waals surface area contributed by atoms with Crippen molar-refractivity contribution in [3.05, 3.63) is 35.4 Å². The predicted octanol–water partition coefficient (Wildman–Crippen LogP) is 4.51. The molecule has 1 aliphatic rings. The fraction of sp³-hybridized carbons (Fsp3) is 0.611. The summed E-state index contributed by atoms with van der Waals surface area (Å²) in [5.74, 6) is 0.432. The van der Waals surface area contributed by atoms with E-state index in [0.29, 0.717) is 12.5 Å². The number of carbonyl (C=O) groups excluding carboxylic acids is 1. The van der Waals surface area contributed by atoms with Crippen molar-refractivity contribution >= 4 is 17.5 Å². The lowest BCUT2D eigenvalue weighted by Gasteiger charge is -2.27. The third-order valence-corrected chi connectivity index (χ3v) is 4.90. The Balaban J connectivity index is 2.04. The Bertz CT molecular complexity index is 492. The first-order valence-corrected chi connectivity index (χ1v) is 8.35. The molecule has 0 spiro atoms. The van der Waals surface area contributed by atoms with Crippen LogP contribution in [0.5, 0.6) is 0 Å². The maximum Gasteiger partial charge on any atom is 0.251 e. The molecule has 2 nitrogen and oxygen atoms in total. The van der Waals surface area contributed by atoms with Gasteiger partial charge in [0.15, 0.2) is 0 Å². The van der Waals surface area contributed by atoms with Crippen molar-refractivity contribution in [2.24, 2.45) is 5.92 Å². The number of benzene rings is 1. The van der Waals surface area contributed by atoms with Crippen LogP contribution in [0.2, 0.25) is 0 Å². The Morgan fingerprint density at radius 3 is 2.57 bits per heavy atom. The molecule has 1 aromatic rings. The van der Waals surface area contributed by atoms with E-state index in [1.165, 1.54) is 12.8 Å². The third kappa shape index (κ3) is 4.23. The van der Waals surface area contributed by atoms with Crippen LogP contribution in [0, 0.1) is 5.92 Å². The molecule has 0 aromatic heterocycles. The van der Waals surface area contributed by atoms with Gasteiger partial charge in [-0.3, -0.25) is 4.79 Å². The summed E-state index contributed by atoms with van der Waals surface area (Å²) < 4.78 is 0. The average molecular weight is 308 g/mol. The zero-order valence-corrected chi connectivity index (χ0v) is 14.0. The van der Waals surface area contributed by atoms with Crippen molar-refractivity contribution in [1.29, 1.82) is 0 Å². The molecule has 1 N–H and O–H groups in total. The quantitative estimate of drug-likeness (QED) is 0.818. The molecule has 2 atom stereocenters. The van der Waals surface area contributed by atoms with Gasteiger partial charge in [0.2, 0.25) is 0 Å². The van der Waals surface area contributed by atoms with E-state index >= 15 is 0 Å². The lowest BCUT2D eigenvalue weighted by atomic mass is 9.83. The lowest BCUT2D eigenvalue weighted by molar-refractivity contribution is 0.0942. The number of amides is 1. The van der Waals surface area contributed by atoms with Crippen LogP contribution in [-0.4, -0.2) is 17.8 Å². The highest BCUT2D eigenvalue weighted by Gasteiger charge is 2.25. The number of alkyl halides is 1. The molecule has 0 aliphatic heterocycles. The Morgan fingerprint density at radius 2 is 1.90 bits per heavy atom. The molecule has 0 heterocycles. The summed E-state index contributed by atoms with van der Waals surface area (Å²) in [7, 11) is 0. The number of hydrogen-bond acceptors (Lipinski definition) is 1. The van der Waals surface area contributed by atoms with Gasteiger partial charge in [0.05, 0.1) is 0 Å². The first-order valence-electron chi connectivity index (χ1n) is 7.91. The minimum Gasteiger partial charge on any atom is -0.352 e. The summed E-state index contributed by atoms with van der Waals surface area (Å²) in [5.41, 5.74) is 1.84. The topological polar surface area (TPSA) is 29.1 Å². The van der Waals surface area contributed by atoms with Crippen molar-refractivity contribution in [2.75, 3.05) is 6.54 Å². The Hall–Kier alpha value is -1.02. The van der Waals surface area contributed by atoms with Gasteiger partial charge in [-0.1, -0.05) is 51.8 Å². The van der Waals surface area contributed by atoms with Crippen LogP contribution in [0.25, 0.3) is 0 Å². The highest BCUT2D eigenvalue weighted by molar-refractivity contribution is 6.20. The molecule has 21 heavy (non-hydrogen) atoms. The number of carbonyl (C=O) groups is 1. The molecule has 0 saturated heterocycles. The molecule has 0 radical (unpaired) electrons. The molecule has 2 rings (SSSR count). The van der Waals surface area contributed by atoms with Crippen molar-refractivity contribution in [2.45, 2.75) is 57.2 Å². The van der Waals surface area contributed by atoms with E-state index in [0.717, 1.165) is 24.0 Å². The second kappa shape index (κ2) is 6.83. The highest BCUT2D eigenvalue weighted by Crippen LogP contribution is 2.29. The van der Waals surface area contributed by atoms with Gasteiger partial charge in [-0.2, -0.15) is 0 Å². The summed E-state index contributed by atoms with van der Waals surface area (Å²) >= 11 is 6.36. The van der Waals surface area contributed by atoms with Gasteiger partial charge in [-0.05, 0) is 35.8 Å². The Kier molecular flexibility index (Phi) is 5.32. The molecular weight excluding hydrogens is 282 g/mol. The fourth-order valence-corrected chi connectivity index (χ4v) is 3.42. The van der Waals surface area contributed by atoms with Crippen molar-refractivity contribution in [1.82, 2.24) is 5.32 Å². The van der Waals surface area contributed by atoms with Gasteiger partial charge in [-0.15, -0.1) is 11.6 Å². The van der Waals surface area contributed by atoms with E-state index in [4.69, 9.17) is 11.6 Å². The van der Waals surface area contributed by atoms with E-state index < -0.39 is 0 Å². The van der Waals surface area contributed by atoms with Crippen LogP contribution in [0.15, 0.2) is 24.3 Å². The zero-order chi connectivity index (χ0) is 15.5. The van der Waals surface area contributed by atoms with Crippen LogP contribution >= 0.6 is 11.6 Å². The Labute approximate surface area is 133 Å². The monoisotopic (exact) mass is 307 g/mol. The number of halogens is 1. The van der Waals surface area contributed by atoms with Gasteiger partial charge in [0.1, 0.15) is 0 Å². The zero-order valence-electron chi connectivity index (χ0n) is 13.3. The maximum atomic E-state index is 12.5. The maximum absolute atomic E-state index is 12.5. The van der Waals surface area contributed by atoms with Crippen LogP contribution in [0.1, 0.15) is 62.4 Å². The van der Waals surface area contributed by atoms with Gasteiger partial charge in [0.25, 0.3) is 5.91 Å². The fourth-order valence-electron chi connectivity index (χ4n) is 3.05. The van der Waals surface area contributed by atoms with Crippen LogP contribution in [0.3, 0.4) is 0 Å². The van der Waals surface area contributed by atoms with E-state index in [-0.39, 0.29) is 16.7 Å². The predicted molar refractivity (Wildman–Crippen MR) is 89.1 cm³/mol. The summed E-state index contributed by atoms with van der Waals surface area (Å²) in [5, 5.41) is 3.29. The normalized spacial score (nSPS) is 22.9. The standard InChI is InChI=1S/C18H26ClNO/c1-18(2,3)15-10-6-5-9-14(15)17(21)20-12-13-8-4-7-11-16(13)19/h5-6,9-10,13,16H,4,7-8,11-12H2,1-3H3,(H,20,21). The second-order valence-corrected chi connectivity index (χ2v) is 7.63. The molecule has 1 saturated carbocycles. The molecule has 116 valence electrons. The molecule has 3 heteroatoms. The van der Waals surface area contributed by atoms with E-state index in [9.17, 15) is 4.79 Å². The number of hydrogen-bond donors (Lipinski definition) is 1. The van der Waals surface area contributed by atoms with E-state index in [2.05, 4.69) is 26.1 Å². The first-order chi connectivity index (χ1) is 9.89. The highest BCUT2D eigenvalue weighted by atomic mass is 35.5. The summed E-state index contributed by atoms with van der Waals surface area (Å²) in [6.07, 6.45) is 4.63. The van der Waals surface area contributed by atoms with Crippen LogP contribution in [-0.2, 0) is 5.41 Å². The minimum atomic E-state index is -0.0339.